The molecule has 0 aromatic carbocycles. The molecule has 1 aliphatic heterocycles. The Bertz CT molecular complexity index is 267. The predicted octanol–water partition coefficient (Wildman–Crippen LogP) is 0.955. The van der Waals surface area contributed by atoms with Crippen LogP contribution in [0.3, 0.4) is 0 Å². The van der Waals surface area contributed by atoms with Crippen LogP contribution in [-0.4, -0.2) is 24.3 Å². The van der Waals surface area contributed by atoms with Gasteiger partial charge in [0.05, 0.1) is 6.26 Å². The van der Waals surface area contributed by atoms with Crippen LogP contribution in [0.5, 0.6) is 0 Å². The summed E-state index contributed by atoms with van der Waals surface area (Å²) < 4.78 is 35.1. The molecule has 0 aromatic heterocycles. The van der Waals surface area contributed by atoms with Gasteiger partial charge >= 0.3 is 0 Å². The average molecular weight is 192 g/mol. The smallest absolute Gasteiger partial charge is 0.271 e. The molecule has 0 spiro atoms. The van der Waals surface area contributed by atoms with E-state index in [-0.39, 0.29) is 0 Å². The van der Waals surface area contributed by atoms with Crippen LogP contribution in [-0.2, 0) is 14.9 Å². The second kappa shape index (κ2) is 3.45. The molecule has 2 atom stereocenters. The maximum Gasteiger partial charge on any atom is 0.271 e. The molecule has 1 heterocycles. The number of ether oxygens (including phenoxy) is 1. The molecule has 12 heavy (non-hydrogen) atoms. The van der Waals surface area contributed by atoms with Crippen LogP contribution >= 0.6 is 0 Å². The van der Waals surface area contributed by atoms with Crippen molar-refractivity contribution in [3.05, 3.63) is 12.3 Å². The van der Waals surface area contributed by atoms with Crippen molar-refractivity contribution in [3.63, 3.8) is 0 Å². The van der Waals surface area contributed by atoms with Gasteiger partial charge in [0.2, 0.25) is 0 Å². The molecule has 1 N–H and O–H groups in total. The highest BCUT2D eigenvalue weighted by atomic mass is 32.2. The number of rotatable bonds is 2. The number of hydrogen-bond acceptors (Lipinski definition) is 3. The zero-order valence-corrected chi connectivity index (χ0v) is 7.62. The van der Waals surface area contributed by atoms with Gasteiger partial charge in [-0.25, -0.2) is 0 Å². The predicted molar refractivity (Wildman–Crippen MR) is 44.3 cm³/mol. The van der Waals surface area contributed by atoms with E-state index >= 15 is 0 Å². The van der Waals surface area contributed by atoms with Crippen LogP contribution in [0, 0.1) is 0 Å². The van der Waals surface area contributed by atoms with Gasteiger partial charge in [0.1, 0.15) is 11.4 Å². The maximum absolute atomic E-state index is 10.7. The van der Waals surface area contributed by atoms with E-state index in [0.717, 1.165) is 6.42 Å². The minimum atomic E-state index is -3.96. The molecule has 1 aliphatic rings. The van der Waals surface area contributed by atoms with Crippen molar-refractivity contribution in [2.75, 3.05) is 0 Å². The first-order valence-electron chi connectivity index (χ1n) is 3.78. The summed E-state index contributed by atoms with van der Waals surface area (Å²) in [5.74, 6) is 0. The van der Waals surface area contributed by atoms with Crippen molar-refractivity contribution in [2.45, 2.75) is 31.1 Å². The van der Waals surface area contributed by atoms with Gasteiger partial charge in [0.15, 0.2) is 0 Å². The van der Waals surface area contributed by atoms with Crippen molar-refractivity contribution >= 4 is 10.1 Å². The van der Waals surface area contributed by atoms with E-state index in [2.05, 4.69) is 0 Å². The van der Waals surface area contributed by atoms with Crippen LogP contribution in [0.25, 0.3) is 0 Å². The van der Waals surface area contributed by atoms with Gasteiger partial charge in [-0.2, -0.15) is 8.42 Å². The highest BCUT2D eigenvalue weighted by Gasteiger charge is 2.29. The fraction of sp³-hybridized carbons (Fsp3) is 0.714. The van der Waals surface area contributed by atoms with Crippen LogP contribution in [0.2, 0.25) is 0 Å². The molecule has 0 saturated carbocycles. The first kappa shape index (κ1) is 9.54. The molecule has 2 unspecified atom stereocenters. The molecule has 0 aromatic rings. The van der Waals surface area contributed by atoms with Crippen LogP contribution < -0.4 is 0 Å². The molecule has 0 saturated heterocycles. The van der Waals surface area contributed by atoms with Gasteiger partial charge in [-0.3, -0.25) is 4.55 Å². The van der Waals surface area contributed by atoms with Crippen molar-refractivity contribution in [1.82, 2.24) is 0 Å². The Balaban J connectivity index is 2.65. The van der Waals surface area contributed by atoms with E-state index in [0.29, 0.717) is 6.42 Å². The van der Waals surface area contributed by atoms with E-state index in [9.17, 15) is 8.42 Å². The zero-order chi connectivity index (χ0) is 9.19. The summed E-state index contributed by atoms with van der Waals surface area (Å²) in [6, 6.07) is 0. The minimum absolute atomic E-state index is 0.412. The quantitative estimate of drug-likeness (QED) is 0.662. The van der Waals surface area contributed by atoms with Gasteiger partial charge in [-0.1, -0.05) is 0 Å². The third kappa shape index (κ3) is 2.22. The fourth-order valence-corrected chi connectivity index (χ4v) is 1.67. The largest absolute Gasteiger partial charge is 0.497 e. The Morgan fingerprint density at radius 1 is 1.67 bits per heavy atom. The second-order valence-corrected chi connectivity index (χ2v) is 4.62. The first-order chi connectivity index (χ1) is 5.52. The van der Waals surface area contributed by atoms with Crippen LogP contribution in [0.1, 0.15) is 19.8 Å². The highest BCUT2D eigenvalue weighted by molar-refractivity contribution is 7.86. The minimum Gasteiger partial charge on any atom is -0.497 e. The van der Waals surface area contributed by atoms with Crippen molar-refractivity contribution in [1.29, 1.82) is 0 Å². The summed E-state index contributed by atoms with van der Waals surface area (Å²) >= 11 is 0. The summed E-state index contributed by atoms with van der Waals surface area (Å²) in [7, 11) is -3.96. The Labute approximate surface area is 72.0 Å². The third-order valence-electron chi connectivity index (χ3n) is 1.96. The van der Waals surface area contributed by atoms with Gasteiger partial charge < -0.3 is 4.74 Å². The molecule has 0 fully saturated rings. The first-order valence-corrected chi connectivity index (χ1v) is 5.29. The fourth-order valence-electron chi connectivity index (χ4n) is 1.09. The van der Waals surface area contributed by atoms with Crippen LogP contribution in [0.4, 0.5) is 0 Å². The van der Waals surface area contributed by atoms with Crippen molar-refractivity contribution in [3.8, 4) is 0 Å². The third-order valence-corrected chi connectivity index (χ3v) is 3.20. The highest BCUT2D eigenvalue weighted by Crippen LogP contribution is 2.17. The lowest BCUT2D eigenvalue weighted by Crippen LogP contribution is -2.33. The summed E-state index contributed by atoms with van der Waals surface area (Å²) in [6.07, 6.45) is 4.33. The molecule has 0 bridgehead atoms. The number of hydrogen-bond donors (Lipinski definition) is 1. The Morgan fingerprint density at radius 2 is 2.33 bits per heavy atom. The lowest BCUT2D eigenvalue weighted by atomic mass is 10.1. The number of allylic oxidation sites excluding steroid dienone is 1. The van der Waals surface area contributed by atoms with Crippen LogP contribution in [0.15, 0.2) is 12.3 Å². The molecule has 1 rings (SSSR count). The van der Waals surface area contributed by atoms with E-state index in [4.69, 9.17) is 9.29 Å². The van der Waals surface area contributed by atoms with Gasteiger partial charge in [0.25, 0.3) is 10.1 Å². The van der Waals surface area contributed by atoms with E-state index in [1.165, 1.54) is 13.2 Å². The topological polar surface area (TPSA) is 63.6 Å². The molecular formula is C7H12O4S. The molecule has 5 heteroatoms. The second-order valence-electron chi connectivity index (χ2n) is 2.84. The Hall–Kier alpha value is -0.550. The zero-order valence-electron chi connectivity index (χ0n) is 6.80. The molecule has 4 nitrogen and oxygen atoms in total. The summed E-state index contributed by atoms with van der Waals surface area (Å²) in [5, 5.41) is -0.845. The molecule has 0 aliphatic carbocycles. The molecular weight excluding hydrogens is 180 g/mol. The lowest BCUT2D eigenvalue weighted by molar-refractivity contribution is 0.120. The average Bonchev–Trinajstić information content (AvgIpc) is 2.03. The summed E-state index contributed by atoms with van der Waals surface area (Å²) in [5.41, 5.74) is 0. The van der Waals surface area contributed by atoms with E-state index in [1.54, 1.807) is 0 Å². The SMILES string of the molecule is CC(C1CCC=CO1)S(=O)(=O)O. The normalized spacial score (nSPS) is 26.3. The molecule has 0 radical (unpaired) electrons. The van der Waals surface area contributed by atoms with Gasteiger partial charge in [0, 0.05) is 0 Å². The Kier molecular flexibility index (Phi) is 2.74. The Morgan fingerprint density at radius 3 is 2.75 bits per heavy atom. The van der Waals surface area contributed by atoms with E-state index in [1.807, 2.05) is 6.08 Å². The van der Waals surface area contributed by atoms with Gasteiger partial charge in [-0.15, -0.1) is 0 Å². The van der Waals surface area contributed by atoms with Gasteiger partial charge in [-0.05, 0) is 25.8 Å². The van der Waals surface area contributed by atoms with Crippen molar-refractivity contribution in [2.24, 2.45) is 0 Å². The summed E-state index contributed by atoms with van der Waals surface area (Å²) in [4.78, 5) is 0. The monoisotopic (exact) mass is 192 g/mol. The van der Waals surface area contributed by atoms with E-state index < -0.39 is 21.5 Å². The maximum atomic E-state index is 10.7. The van der Waals surface area contributed by atoms with Crippen molar-refractivity contribution < 1.29 is 17.7 Å². The summed E-state index contributed by atoms with van der Waals surface area (Å²) in [6.45, 7) is 1.44. The molecule has 0 amide bonds. The molecule has 70 valence electrons. The standard InChI is InChI=1S/C7H12O4S/c1-6(12(8,9)10)7-4-2-3-5-11-7/h3,5-7H,2,4H2,1H3,(H,8,9,10). The lowest BCUT2D eigenvalue weighted by Gasteiger charge is -2.23.